The molecule has 0 aliphatic heterocycles. The van der Waals surface area contributed by atoms with Crippen LogP contribution in [0.3, 0.4) is 0 Å². The second-order valence-electron chi connectivity index (χ2n) is 5.13. The number of carbonyl (C=O) groups excluding carboxylic acids is 1. The average molecular weight is 389 g/mol. The average Bonchev–Trinajstić information content (AvgIpc) is 3.04. The molecule has 134 valence electrons. The van der Waals surface area contributed by atoms with Crippen molar-refractivity contribution in [3.8, 4) is 17.0 Å². The highest BCUT2D eigenvalue weighted by Crippen LogP contribution is 2.22. The van der Waals surface area contributed by atoms with E-state index in [0.717, 1.165) is 28.1 Å². The number of amides is 1. The minimum atomic E-state index is -0.284. The maximum atomic E-state index is 12.0. The van der Waals surface area contributed by atoms with Gasteiger partial charge in [-0.1, -0.05) is 23.1 Å². The van der Waals surface area contributed by atoms with Gasteiger partial charge in [-0.3, -0.25) is 14.9 Å². The molecule has 0 aliphatic rings. The Labute approximate surface area is 157 Å². The number of ether oxygens (including phenoxy) is 1. The van der Waals surface area contributed by atoms with Crippen LogP contribution in [-0.2, 0) is 4.79 Å². The van der Waals surface area contributed by atoms with Crippen molar-refractivity contribution in [1.82, 2.24) is 20.2 Å². The van der Waals surface area contributed by atoms with Crippen molar-refractivity contribution >= 4 is 34.1 Å². The third kappa shape index (κ3) is 4.67. The zero-order chi connectivity index (χ0) is 18.5. The van der Waals surface area contributed by atoms with Crippen LogP contribution >= 0.6 is 23.1 Å². The van der Waals surface area contributed by atoms with Gasteiger partial charge in [0.15, 0.2) is 5.16 Å². The van der Waals surface area contributed by atoms with Crippen molar-refractivity contribution in [2.45, 2.75) is 12.1 Å². The lowest BCUT2D eigenvalue weighted by Crippen LogP contribution is -2.15. The standard InChI is InChI=1S/C16H15N5O3S2/c1-9-20-21-16(26-9)19-14(23)8-25-15-17-12(7-13(22)18-15)10-3-5-11(24-2)6-4-10/h3-7H,8H2,1-2H3,(H,17,18,22)(H,19,21,23). The molecular weight excluding hydrogens is 374 g/mol. The number of aryl methyl sites for hydroxylation is 1. The summed E-state index contributed by atoms with van der Waals surface area (Å²) in [5, 5.41) is 11.9. The molecule has 0 saturated carbocycles. The number of thioether (sulfide) groups is 1. The summed E-state index contributed by atoms with van der Waals surface area (Å²) in [6.45, 7) is 1.81. The summed E-state index contributed by atoms with van der Waals surface area (Å²) in [4.78, 5) is 30.9. The number of anilines is 1. The number of carbonyl (C=O) groups is 1. The summed E-state index contributed by atoms with van der Waals surface area (Å²) in [5.41, 5.74) is 1.03. The molecule has 3 aromatic rings. The van der Waals surface area contributed by atoms with Crippen LogP contribution in [0.4, 0.5) is 5.13 Å². The normalized spacial score (nSPS) is 10.5. The van der Waals surface area contributed by atoms with Crippen molar-refractivity contribution in [1.29, 1.82) is 0 Å². The van der Waals surface area contributed by atoms with Gasteiger partial charge in [-0.2, -0.15) is 0 Å². The quantitative estimate of drug-likeness (QED) is 0.492. The molecule has 3 rings (SSSR count). The van der Waals surface area contributed by atoms with E-state index in [4.69, 9.17) is 4.74 Å². The van der Waals surface area contributed by atoms with Gasteiger partial charge in [0.25, 0.3) is 5.56 Å². The van der Waals surface area contributed by atoms with Crippen molar-refractivity contribution in [3.63, 3.8) is 0 Å². The summed E-state index contributed by atoms with van der Waals surface area (Å²) in [7, 11) is 1.59. The smallest absolute Gasteiger partial charge is 0.252 e. The molecule has 0 spiro atoms. The lowest BCUT2D eigenvalue weighted by atomic mass is 10.1. The number of hydrogen-bond donors (Lipinski definition) is 2. The Bertz CT molecular complexity index is 969. The largest absolute Gasteiger partial charge is 0.497 e. The second kappa shape index (κ2) is 8.11. The molecule has 10 heteroatoms. The van der Waals surface area contributed by atoms with Gasteiger partial charge in [0.1, 0.15) is 10.8 Å². The Kier molecular flexibility index (Phi) is 5.64. The van der Waals surface area contributed by atoms with Crippen LogP contribution in [0.25, 0.3) is 11.3 Å². The number of benzene rings is 1. The molecule has 1 amide bonds. The van der Waals surface area contributed by atoms with E-state index in [9.17, 15) is 9.59 Å². The Balaban J connectivity index is 1.69. The number of methoxy groups -OCH3 is 1. The highest BCUT2D eigenvalue weighted by Gasteiger charge is 2.10. The van der Waals surface area contributed by atoms with Gasteiger partial charge in [0.05, 0.1) is 18.6 Å². The molecule has 2 heterocycles. The van der Waals surface area contributed by atoms with E-state index < -0.39 is 0 Å². The van der Waals surface area contributed by atoms with Crippen molar-refractivity contribution in [2.75, 3.05) is 18.2 Å². The van der Waals surface area contributed by atoms with Gasteiger partial charge in [-0.05, 0) is 31.2 Å². The SMILES string of the molecule is COc1ccc(-c2cc(=O)[nH]c(SCC(=O)Nc3nnc(C)s3)n2)cc1. The maximum Gasteiger partial charge on any atom is 0.252 e. The molecule has 26 heavy (non-hydrogen) atoms. The van der Waals surface area contributed by atoms with E-state index in [1.165, 1.54) is 17.4 Å². The van der Waals surface area contributed by atoms with E-state index in [0.29, 0.717) is 16.0 Å². The molecular formula is C16H15N5O3S2. The van der Waals surface area contributed by atoms with Gasteiger partial charge in [0, 0.05) is 11.6 Å². The van der Waals surface area contributed by atoms with Crippen LogP contribution < -0.4 is 15.6 Å². The molecule has 0 saturated heterocycles. The fourth-order valence-corrected chi connectivity index (χ4v) is 3.33. The van der Waals surface area contributed by atoms with Crippen LogP contribution in [0.15, 0.2) is 40.3 Å². The first kappa shape index (κ1) is 18.1. The first-order valence-electron chi connectivity index (χ1n) is 7.52. The number of nitrogens with zero attached hydrogens (tertiary/aromatic N) is 3. The monoisotopic (exact) mass is 389 g/mol. The predicted molar refractivity (Wildman–Crippen MR) is 101 cm³/mol. The van der Waals surface area contributed by atoms with Crippen molar-refractivity contribution in [3.05, 3.63) is 45.7 Å². The molecule has 0 unspecified atom stereocenters. The number of nitrogens with one attached hydrogen (secondary N) is 2. The lowest BCUT2D eigenvalue weighted by Gasteiger charge is -2.05. The summed E-state index contributed by atoms with van der Waals surface area (Å²) in [6, 6.07) is 8.64. The number of hydrogen-bond acceptors (Lipinski definition) is 8. The lowest BCUT2D eigenvalue weighted by molar-refractivity contribution is -0.113. The highest BCUT2D eigenvalue weighted by atomic mass is 32.2. The topological polar surface area (TPSA) is 110 Å². The third-order valence-electron chi connectivity index (χ3n) is 3.22. The number of aromatic amines is 1. The molecule has 2 N–H and O–H groups in total. The molecule has 2 aromatic heterocycles. The van der Waals surface area contributed by atoms with Crippen LogP contribution in [0.2, 0.25) is 0 Å². The van der Waals surface area contributed by atoms with E-state index >= 15 is 0 Å². The predicted octanol–water partition coefficient (Wildman–Crippen LogP) is 2.34. The number of rotatable bonds is 6. The van der Waals surface area contributed by atoms with E-state index in [2.05, 4.69) is 25.5 Å². The Morgan fingerprint density at radius 2 is 2.08 bits per heavy atom. The summed E-state index contributed by atoms with van der Waals surface area (Å²) < 4.78 is 5.12. The first-order chi connectivity index (χ1) is 12.5. The van der Waals surface area contributed by atoms with Gasteiger partial charge >= 0.3 is 0 Å². The zero-order valence-corrected chi connectivity index (χ0v) is 15.6. The number of H-pyrrole nitrogens is 1. The summed E-state index contributed by atoms with van der Waals surface area (Å²) in [5.74, 6) is 0.564. The number of aromatic nitrogens is 4. The first-order valence-corrected chi connectivity index (χ1v) is 9.32. The van der Waals surface area contributed by atoms with Crippen molar-refractivity contribution in [2.24, 2.45) is 0 Å². The Morgan fingerprint density at radius 1 is 1.31 bits per heavy atom. The molecule has 8 nitrogen and oxygen atoms in total. The molecule has 0 radical (unpaired) electrons. The molecule has 1 aromatic carbocycles. The summed E-state index contributed by atoms with van der Waals surface area (Å²) >= 11 is 2.43. The fraction of sp³-hybridized carbons (Fsp3) is 0.188. The molecule has 0 bridgehead atoms. The highest BCUT2D eigenvalue weighted by molar-refractivity contribution is 7.99. The van der Waals surface area contributed by atoms with Crippen LogP contribution in [0, 0.1) is 6.92 Å². The van der Waals surface area contributed by atoms with Gasteiger partial charge in [-0.15, -0.1) is 10.2 Å². The van der Waals surface area contributed by atoms with Gasteiger partial charge in [-0.25, -0.2) is 4.98 Å². The summed E-state index contributed by atoms with van der Waals surface area (Å²) in [6.07, 6.45) is 0. The minimum Gasteiger partial charge on any atom is -0.497 e. The van der Waals surface area contributed by atoms with Crippen LogP contribution in [-0.4, -0.2) is 38.9 Å². The van der Waals surface area contributed by atoms with Crippen LogP contribution in [0.1, 0.15) is 5.01 Å². The molecule has 0 fully saturated rings. The Hall–Kier alpha value is -2.72. The third-order valence-corrected chi connectivity index (χ3v) is 4.85. The Morgan fingerprint density at radius 3 is 2.73 bits per heavy atom. The maximum absolute atomic E-state index is 12.0. The van der Waals surface area contributed by atoms with Crippen molar-refractivity contribution < 1.29 is 9.53 Å². The fourth-order valence-electron chi connectivity index (χ4n) is 2.05. The van der Waals surface area contributed by atoms with E-state index in [1.807, 2.05) is 12.1 Å². The van der Waals surface area contributed by atoms with E-state index in [1.54, 1.807) is 26.2 Å². The molecule has 0 aliphatic carbocycles. The second-order valence-corrected chi connectivity index (χ2v) is 7.27. The van der Waals surface area contributed by atoms with Gasteiger partial charge < -0.3 is 9.72 Å². The zero-order valence-electron chi connectivity index (χ0n) is 14.0. The minimum absolute atomic E-state index is 0.0909. The van der Waals surface area contributed by atoms with Crippen LogP contribution in [0.5, 0.6) is 5.75 Å². The molecule has 0 atom stereocenters. The van der Waals surface area contributed by atoms with Gasteiger partial charge in [0.2, 0.25) is 11.0 Å². The van der Waals surface area contributed by atoms with E-state index in [-0.39, 0.29) is 17.2 Å².